The van der Waals surface area contributed by atoms with Crippen LogP contribution in [0.1, 0.15) is 90.0 Å². The average Bonchev–Trinajstić information content (AvgIpc) is 3.92. The molecule has 0 radical (unpaired) electrons. The third-order valence-corrected chi connectivity index (χ3v) is 10.2. The molecule has 1 aromatic rings. The second-order valence-corrected chi connectivity index (χ2v) is 14.8. The minimum absolute atomic E-state index is 0.0133. The third kappa shape index (κ3) is 7.68. The van der Waals surface area contributed by atoms with E-state index in [-0.39, 0.29) is 55.3 Å². The Bertz CT molecular complexity index is 1360. The Kier molecular flexibility index (Phi) is 11.8. The minimum atomic E-state index is -1.22. The lowest BCUT2D eigenvalue weighted by molar-refractivity contribution is -0.256. The number of aliphatic hydroxyl groups is 2. The molecule has 2 N–H and O–H groups in total. The summed E-state index contributed by atoms with van der Waals surface area (Å²) in [6.45, 7) is 14.7. The van der Waals surface area contributed by atoms with E-state index in [0.717, 1.165) is 73.3 Å². The van der Waals surface area contributed by atoms with E-state index in [2.05, 4.69) is 25.3 Å². The molecule has 4 aliphatic rings. The van der Waals surface area contributed by atoms with Crippen LogP contribution in [0.15, 0.2) is 60.3 Å². The lowest BCUT2D eigenvalue weighted by atomic mass is 9.55. The fraction of sp³-hybridized carbons (Fsp3) is 0.641. The SMILES string of the molecule is C=CCOc1ccc2c(c1)[C@H]1[C@H](CCCCO)[C@@H](CCCCO)C=C3C(=NOC(C)(C)C)C[C@H](N(C)C(=O)C4CC4)[C@@](OCC=C)(O2)[C@H]31. The summed E-state index contributed by atoms with van der Waals surface area (Å²) in [5, 5.41) is 24.3. The largest absolute Gasteiger partial charge is 0.490 e. The number of nitrogens with zero attached hydrogens (tertiary/aromatic N) is 2. The molecule has 0 spiro atoms. The summed E-state index contributed by atoms with van der Waals surface area (Å²) in [6.07, 6.45) is 13.0. The molecule has 3 aliphatic carbocycles. The van der Waals surface area contributed by atoms with Crippen molar-refractivity contribution in [3.63, 3.8) is 0 Å². The quantitative estimate of drug-likeness (QED) is 0.110. The van der Waals surface area contributed by atoms with E-state index < -0.39 is 17.4 Å². The Morgan fingerprint density at radius 2 is 1.79 bits per heavy atom. The predicted molar refractivity (Wildman–Crippen MR) is 187 cm³/mol. The van der Waals surface area contributed by atoms with Crippen LogP contribution in [0.25, 0.3) is 0 Å². The molecule has 0 aromatic heterocycles. The van der Waals surface area contributed by atoms with Crippen LogP contribution in [0.4, 0.5) is 0 Å². The monoisotopic (exact) mass is 664 g/mol. The predicted octanol–water partition coefficient (Wildman–Crippen LogP) is 6.55. The molecular formula is C39H56N2O7. The first-order valence-corrected chi connectivity index (χ1v) is 17.9. The highest BCUT2D eigenvalue weighted by molar-refractivity contribution is 6.03. The highest BCUT2D eigenvalue weighted by Gasteiger charge is 2.65. The van der Waals surface area contributed by atoms with Gasteiger partial charge in [0.15, 0.2) is 0 Å². The number of amides is 1. The molecule has 9 heteroatoms. The van der Waals surface area contributed by atoms with Gasteiger partial charge in [-0.3, -0.25) is 4.79 Å². The Morgan fingerprint density at radius 3 is 2.44 bits per heavy atom. The van der Waals surface area contributed by atoms with Crippen molar-refractivity contribution in [2.75, 3.05) is 33.5 Å². The number of oxime groups is 1. The van der Waals surface area contributed by atoms with Crippen molar-refractivity contribution >= 4 is 11.6 Å². The molecular weight excluding hydrogens is 608 g/mol. The summed E-state index contributed by atoms with van der Waals surface area (Å²) in [5.74, 6) is 0.303. The molecule has 9 nitrogen and oxygen atoms in total. The smallest absolute Gasteiger partial charge is 0.239 e. The molecule has 1 aromatic carbocycles. The number of ether oxygens (including phenoxy) is 3. The van der Waals surface area contributed by atoms with Gasteiger partial charge in [-0.25, -0.2) is 0 Å². The Morgan fingerprint density at radius 1 is 1.08 bits per heavy atom. The molecule has 1 aliphatic heterocycles. The van der Waals surface area contributed by atoms with Gasteiger partial charge in [0, 0.05) is 44.1 Å². The number of hydrogen-bond acceptors (Lipinski definition) is 8. The maximum Gasteiger partial charge on any atom is 0.239 e. The van der Waals surface area contributed by atoms with Crippen molar-refractivity contribution in [2.24, 2.45) is 28.8 Å². The van der Waals surface area contributed by atoms with Gasteiger partial charge in [0.2, 0.25) is 11.7 Å². The first-order valence-electron chi connectivity index (χ1n) is 17.9. The van der Waals surface area contributed by atoms with Crippen molar-refractivity contribution in [3.05, 3.63) is 60.7 Å². The van der Waals surface area contributed by atoms with Crippen LogP contribution >= 0.6 is 0 Å². The Labute approximate surface area is 286 Å². The van der Waals surface area contributed by atoms with Crippen molar-refractivity contribution < 1.29 is 34.1 Å². The highest BCUT2D eigenvalue weighted by Crippen LogP contribution is 2.62. The van der Waals surface area contributed by atoms with Crippen molar-refractivity contribution in [1.29, 1.82) is 0 Å². The van der Waals surface area contributed by atoms with Gasteiger partial charge in [0.05, 0.1) is 18.2 Å². The molecule has 2 saturated carbocycles. The zero-order chi connectivity index (χ0) is 34.5. The Hall–Kier alpha value is -3.14. The molecule has 2 fully saturated rings. The number of carbonyl (C=O) groups is 1. The van der Waals surface area contributed by atoms with E-state index in [9.17, 15) is 15.0 Å². The van der Waals surface area contributed by atoms with Crippen LogP contribution in [0, 0.1) is 23.7 Å². The van der Waals surface area contributed by atoms with Crippen LogP contribution < -0.4 is 9.47 Å². The first kappa shape index (κ1) is 36.1. The summed E-state index contributed by atoms with van der Waals surface area (Å²) >= 11 is 0. The fourth-order valence-corrected chi connectivity index (χ4v) is 7.94. The van der Waals surface area contributed by atoms with Gasteiger partial charge in [-0.05, 0) is 94.9 Å². The minimum Gasteiger partial charge on any atom is -0.490 e. The zero-order valence-corrected chi connectivity index (χ0v) is 29.4. The van der Waals surface area contributed by atoms with Gasteiger partial charge in [-0.1, -0.05) is 42.8 Å². The second kappa shape index (κ2) is 15.6. The average molecular weight is 665 g/mol. The van der Waals surface area contributed by atoms with Crippen LogP contribution in [0.2, 0.25) is 0 Å². The number of likely N-dealkylation sites (N-methyl/N-ethyl adjacent to an activating group) is 1. The number of hydrogen-bond donors (Lipinski definition) is 2. The molecule has 264 valence electrons. The van der Waals surface area contributed by atoms with E-state index in [1.165, 1.54) is 0 Å². The van der Waals surface area contributed by atoms with Gasteiger partial charge in [0.1, 0.15) is 29.7 Å². The van der Waals surface area contributed by atoms with E-state index >= 15 is 0 Å². The van der Waals surface area contributed by atoms with Crippen molar-refractivity contribution in [1.82, 2.24) is 4.90 Å². The van der Waals surface area contributed by atoms with E-state index in [4.69, 9.17) is 24.2 Å². The molecule has 6 atom stereocenters. The topological polar surface area (TPSA) is 110 Å². The number of benzene rings is 1. The normalized spacial score (nSPS) is 28.4. The summed E-state index contributed by atoms with van der Waals surface area (Å²) in [5.41, 5.74) is 2.37. The summed E-state index contributed by atoms with van der Waals surface area (Å²) in [7, 11) is 1.88. The standard InChI is InChI=1S/C39H56N2O7/c1-7-21-45-28-17-18-33-31(24-28)35-29(14-10-12-20-43)27(13-9-11-19-42)23-30-32(40-48-38(3,4)5)25-34(41(6)37(44)26-15-16-26)39(47-33,36(30)35)46-22-8-2/h7-8,17-18,23-24,26-27,29,34-36,42-43H,1-2,9-16,19-22,25H2,3-6H3/t27-,29+,34-,35+,36+,39+/m0/s1. The fourth-order valence-electron chi connectivity index (χ4n) is 7.94. The van der Waals surface area contributed by atoms with Gasteiger partial charge in [-0.15, -0.1) is 6.58 Å². The van der Waals surface area contributed by atoms with Crippen molar-refractivity contribution in [3.8, 4) is 11.5 Å². The lowest BCUT2D eigenvalue weighted by Crippen LogP contribution is -2.69. The summed E-state index contributed by atoms with van der Waals surface area (Å²) in [6, 6.07) is 5.51. The number of carbonyl (C=O) groups excluding carboxylic acids is 1. The van der Waals surface area contributed by atoms with Gasteiger partial charge in [-0.2, -0.15) is 0 Å². The van der Waals surface area contributed by atoms with Crippen LogP contribution in [-0.4, -0.2) is 77.6 Å². The highest BCUT2D eigenvalue weighted by atomic mass is 16.7. The molecule has 5 rings (SSSR count). The molecule has 48 heavy (non-hydrogen) atoms. The number of fused-ring (bicyclic) bond motifs is 2. The molecule has 0 saturated heterocycles. The number of rotatable bonds is 17. The molecule has 0 unspecified atom stereocenters. The number of aliphatic hydroxyl groups excluding tert-OH is 2. The van der Waals surface area contributed by atoms with Crippen molar-refractivity contribution in [2.45, 2.75) is 102 Å². The van der Waals surface area contributed by atoms with Gasteiger partial charge < -0.3 is 34.2 Å². The summed E-state index contributed by atoms with van der Waals surface area (Å²) < 4.78 is 20.1. The molecule has 0 bridgehead atoms. The van der Waals surface area contributed by atoms with Crippen LogP contribution in [0.3, 0.4) is 0 Å². The van der Waals surface area contributed by atoms with Crippen LogP contribution in [-0.2, 0) is 14.4 Å². The van der Waals surface area contributed by atoms with E-state index in [0.29, 0.717) is 19.4 Å². The first-order chi connectivity index (χ1) is 23.1. The lowest BCUT2D eigenvalue weighted by Gasteiger charge is -2.59. The third-order valence-electron chi connectivity index (χ3n) is 10.2. The van der Waals surface area contributed by atoms with E-state index in [1.807, 2.05) is 44.9 Å². The summed E-state index contributed by atoms with van der Waals surface area (Å²) in [4.78, 5) is 21.8. The van der Waals surface area contributed by atoms with Gasteiger partial charge >= 0.3 is 0 Å². The number of unbranched alkanes of at least 4 members (excludes halogenated alkanes) is 2. The molecule has 1 heterocycles. The van der Waals surface area contributed by atoms with Crippen LogP contribution in [0.5, 0.6) is 11.5 Å². The van der Waals surface area contributed by atoms with E-state index in [1.54, 1.807) is 12.2 Å². The molecule has 1 amide bonds. The maximum atomic E-state index is 13.8. The maximum absolute atomic E-state index is 13.8. The van der Waals surface area contributed by atoms with Gasteiger partial charge in [0.25, 0.3) is 0 Å². The Balaban J connectivity index is 1.76. The number of allylic oxidation sites excluding steroid dienone is 1. The second-order valence-electron chi connectivity index (χ2n) is 14.8. The zero-order valence-electron chi connectivity index (χ0n) is 29.4.